The molecular formula is C21H24FN5O3. The first kappa shape index (κ1) is 21.5. The second kappa shape index (κ2) is 10.0. The van der Waals surface area contributed by atoms with Gasteiger partial charge in [-0.1, -0.05) is 19.1 Å². The van der Waals surface area contributed by atoms with E-state index >= 15 is 0 Å². The molecule has 1 aromatic carbocycles. The van der Waals surface area contributed by atoms with E-state index in [-0.39, 0.29) is 12.4 Å². The highest BCUT2D eigenvalue weighted by molar-refractivity contribution is 5.89. The monoisotopic (exact) mass is 413 g/mol. The van der Waals surface area contributed by atoms with Crippen molar-refractivity contribution in [2.24, 2.45) is 0 Å². The van der Waals surface area contributed by atoms with Gasteiger partial charge in [0.15, 0.2) is 0 Å². The minimum atomic E-state index is -0.486. The summed E-state index contributed by atoms with van der Waals surface area (Å²) in [6.45, 7) is 3.05. The molecule has 8 nitrogen and oxygen atoms in total. The molecule has 0 aliphatic carbocycles. The molecule has 0 radical (unpaired) electrons. The van der Waals surface area contributed by atoms with Crippen LogP contribution in [0.1, 0.15) is 45.9 Å². The van der Waals surface area contributed by atoms with Crippen LogP contribution in [-0.2, 0) is 37.4 Å². The summed E-state index contributed by atoms with van der Waals surface area (Å²) in [5, 5.41) is 21.1. The lowest BCUT2D eigenvalue weighted by Gasteiger charge is -2.11. The van der Waals surface area contributed by atoms with Crippen molar-refractivity contribution in [3.63, 3.8) is 0 Å². The number of nitrogens with zero attached hydrogens (tertiary/aromatic N) is 4. The molecule has 0 saturated carbocycles. The number of hydrogen-bond donors (Lipinski definition) is 2. The van der Waals surface area contributed by atoms with Crippen molar-refractivity contribution in [1.29, 1.82) is 0 Å². The largest absolute Gasteiger partial charge is 0.465 e. The molecule has 2 N–H and O–H groups in total. The molecule has 0 spiro atoms. The Hall–Kier alpha value is -3.17. The van der Waals surface area contributed by atoms with E-state index in [0.717, 1.165) is 23.6 Å². The number of rotatable bonds is 9. The van der Waals surface area contributed by atoms with Gasteiger partial charge in [0.05, 0.1) is 43.8 Å². The van der Waals surface area contributed by atoms with Crippen LogP contribution in [0.3, 0.4) is 0 Å². The molecule has 3 rings (SSSR count). The van der Waals surface area contributed by atoms with E-state index in [4.69, 9.17) is 4.74 Å². The van der Waals surface area contributed by atoms with Crippen LogP contribution in [-0.4, -0.2) is 37.9 Å². The Balaban J connectivity index is 1.71. The highest BCUT2D eigenvalue weighted by Crippen LogP contribution is 2.11. The molecule has 0 aliphatic rings. The minimum Gasteiger partial charge on any atom is -0.465 e. The van der Waals surface area contributed by atoms with Crippen LogP contribution in [0.2, 0.25) is 0 Å². The third kappa shape index (κ3) is 5.25. The fourth-order valence-corrected chi connectivity index (χ4v) is 3.08. The molecule has 2 heterocycles. The van der Waals surface area contributed by atoms with Gasteiger partial charge in [-0.2, -0.15) is 0 Å². The van der Waals surface area contributed by atoms with E-state index in [9.17, 15) is 14.3 Å². The molecule has 30 heavy (non-hydrogen) atoms. The van der Waals surface area contributed by atoms with Gasteiger partial charge < -0.3 is 19.7 Å². The highest BCUT2D eigenvalue weighted by atomic mass is 19.1. The molecule has 0 unspecified atom stereocenters. The molecule has 0 atom stereocenters. The van der Waals surface area contributed by atoms with Gasteiger partial charge in [0, 0.05) is 13.0 Å². The number of aliphatic hydroxyl groups excluding tert-OH is 1. The predicted molar refractivity (Wildman–Crippen MR) is 107 cm³/mol. The smallest absolute Gasteiger partial charge is 0.337 e. The average Bonchev–Trinajstić information content (AvgIpc) is 3.15. The molecule has 0 saturated heterocycles. The summed E-state index contributed by atoms with van der Waals surface area (Å²) in [6.07, 6.45) is 0.719. The number of halogens is 1. The van der Waals surface area contributed by atoms with Crippen molar-refractivity contribution < 1.29 is 19.0 Å². The summed E-state index contributed by atoms with van der Waals surface area (Å²) in [5.41, 5.74) is 2.28. The summed E-state index contributed by atoms with van der Waals surface area (Å²) < 4.78 is 19.9. The molecule has 2 aromatic heterocycles. The van der Waals surface area contributed by atoms with Gasteiger partial charge in [-0.3, -0.25) is 4.98 Å². The second-order valence-corrected chi connectivity index (χ2v) is 6.69. The molecule has 0 bridgehead atoms. The van der Waals surface area contributed by atoms with Gasteiger partial charge >= 0.3 is 5.97 Å². The summed E-state index contributed by atoms with van der Waals surface area (Å²) in [6, 6.07) is 9.47. The standard InChI is InChI=1S/C21H24FN5O3/c1-3-19-25-26-20(27(19)12-14-4-6-16(22)7-5-14)11-23-10-17-8-15(21(29)30-2)9-18(13-28)24-17/h4-9,23,28H,3,10-13H2,1-2H3. The number of benzene rings is 1. The molecule has 158 valence electrons. The Morgan fingerprint density at radius 3 is 2.50 bits per heavy atom. The molecular weight excluding hydrogens is 389 g/mol. The van der Waals surface area contributed by atoms with Crippen LogP contribution in [0.25, 0.3) is 0 Å². The first-order valence-corrected chi connectivity index (χ1v) is 9.59. The molecule has 0 amide bonds. The van der Waals surface area contributed by atoms with E-state index in [1.807, 2.05) is 11.5 Å². The minimum absolute atomic E-state index is 0.274. The Bertz CT molecular complexity index is 1000. The van der Waals surface area contributed by atoms with Crippen molar-refractivity contribution in [3.05, 3.63) is 76.4 Å². The third-order valence-electron chi connectivity index (χ3n) is 4.58. The lowest BCUT2D eigenvalue weighted by Crippen LogP contribution is -2.19. The maximum Gasteiger partial charge on any atom is 0.337 e. The number of aliphatic hydroxyl groups is 1. The number of aryl methyl sites for hydroxylation is 1. The van der Waals surface area contributed by atoms with Crippen LogP contribution < -0.4 is 5.32 Å². The Morgan fingerprint density at radius 2 is 1.83 bits per heavy atom. The van der Waals surface area contributed by atoms with Crippen LogP contribution >= 0.6 is 0 Å². The first-order chi connectivity index (χ1) is 14.5. The number of carbonyl (C=O) groups excluding carboxylic acids is 1. The fraction of sp³-hybridized carbons (Fsp3) is 0.333. The Labute approximate surface area is 173 Å². The number of aromatic nitrogens is 4. The lowest BCUT2D eigenvalue weighted by molar-refractivity contribution is 0.0600. The van der Waals surface area contributed by atoms with Gasteiger partial charge in [0.1, 0.15) is 17.5 Å². The van der Waals surface area contributed by atoms with E-state index < -0.39 is 5.97 Å². The number of ether oxygens (including phenoxy) is 1. The molecule has 0 fully saturated rings. The van der Waals surface area contributed by atoms with Crippen LogP contribution in [0.5, 0.6) is 0 Å². The number of methoxy groups -OCH3 is 1. The number of nitrogens with one attached hydrogen (secondary N) is 1. The Morgan fingerprint density at radius 1 is 1.13 bits per heavy atom. The second-order valence-electron chi connectivity index (χ2n) is 6.69. The quantitative estimate of drug-likeness (QED) is 0.517. The van der Waals surface area contributed by atoms with Crippen LogP contribution in [0.4, 0.5) is 4.39 Å². The van der Waals surface area contributed by atoms with Crippen molar-refractivity contribution in [2.45, 2.75) is 39.6 Å². The zero-order valence-electron chi connectivity index (χ0n) is 16.9. The third-order valence-corrected chi connectivity index (χ3v) is 4.58. The van der Waals surface area contributed by atoms with Gasteiger partial charge in [-0.05, 0) is 29.8 Å². The zero-order valence-corrected chi connectivity index (χ0v) is 16.9. The van der Waals surface area contributed by atoms with Crippen molar-refractivity contribution in [3.8, 4) is 0 Å². The zero-order chi connectivity index (χ0) is 21.5. The summed E-state index contributed by atoms with van der Waals surface area (Å²) in [7, 11) is 1.30. The van der Waals surface area contributed by atoms with Crippen molar-refractivity contribution >= 4 is 5.97 Å². The van der Waals surface area contributed by atoms with Crippen LogP contribution in [0.15, 0.2) is 36.4 Å². The topological polar surface area (TPSA) is 102 Å². The number of pyridine rings is 1. The summed E-state index contributed by atoms with van der Waals surface area (Å²) in [4.78, 5) is 16.1. The molecule has 9 heteroatoms. The predicted octanol–water partition coefficient (Wildman–Crippen LogP) is 1.99. The highest BCUT2D eigenvalue weighted by Gasteiger charge is 2.13. The average molecular weight is 413 g/mol. The SMILES string of the molecule is CCc1nnc(CNCc2cc(C(=O)OC)cc(CO)n2)n1Cc1ccc(F)cc1. The van der Waals surface area contributed by atoms with E-state index in [0.29, 0.717) is 36.6 Å². The number of hydrogen-bond acceptors (Lipinski definition) is 7. The molecule has 3 aromatic rings. The summed E-state index contributed by atoms with van der Waals surface area (Å²) in [5.74, 6) is 0.816. The fourth-order valence-electron chi connectivity index (χ4n) is 3.08. The van der Waals surface area contributed by atoms with Crippen molar-refractivity contribution in [1.82, 2.24) is 25.1 Å². The van der Waals surface area contributed by atoms with Crippen LogP contribution in [0, 0.1) is 5.82 Å². The van der Waals surface area contributed by atoms with Gasteiger partial charge in [-0.15, -0.1) is 10.2 Å². The maximum absolute atomic E-state index is 13.2. The van der Waals surface area contributed by atoms with Gasteiger partial charge in [0.25, 0.3) is 0 Å². The molecule has 0 aliphatic heterocycles. The van der Waals surface area contributed by atoms with E-state index in [1.165, 1.54) is 25.3 Å². The Kier molecular flexibility index (Phi) is 7.21. The normalized spacial score (nSPS) is 10.9. The van der Waals surface area contributed by atoms with Crippen molar-refractivity contribution in [2.75, 3.05) is 7.11 Å². The first-order valence-electron chi connectivity index (χ1n) is 9.59. The summed E-state index contributed by atoms with van der Waals surface area (Å²) >= 11 is 0. The van der Waals surface area contributed by atoms with E-state index in [2.05, 4.69) is 20.5 Å². The maximum atomic E-state index is 13.2. The lowest BCUT2D eigenvalue weighted by atomic mass is 10.2. The number of esters is 1. The van der Waals surface area contributed by atoms with E-state index in [1.54, 1.807) is 18.2 Å². The van der Waals surface area contributed by atoms with Gasteiger partial charge in [-0.25, -0.2) is 9.18 Å². The van der Waals surface area contributed by atoms with Gasteiger partial charge in [0.2, 0.25) is 0 Å². The number of carbonyl (C=O) groups is 1.